The predicted octanol–water partition coefficient (Wildman–Crippen LogP) is 4.25. The normalized spacial score (nSPS) is 18.1. The van der Waals surface area contributed by atoms with Gasteiger partial charge in [0.1, 0.15) is 18.2 Å². The van der Waals surface area contributed by atoms with Crippen molar-refractivity contribution >= 4 is 29.0 Å². The molecule has 35 heavy (non-hydrogen) atoms. The van der Waals surface area contributed by atoms with Gasteiger partial charge in [-0.3, -0.25) is 24.2 Å². The zero-order chi connectivity index (χ0) is 25.5. The van der Waals surface area contributed by atoms with E-state index in [-0.39, 0.29) is 23.5 Å². The number of Topliss-reactive ketones (excluding diaryl/α,β-unsaturated/α-hetero) is 1. The van der Waals surface area contributed by atoms with Crippen molar-refractivity contribution in [2.24, 2.45) is 5.92 Å². The topological polar surface area (TPSA) is 69.7 Å². The minimum absolute atomic E-state index is 0.0990. The highest BCUT2D eigenvalue weighted by Gasteiger charge is 2.37. The van der Waals surface area contributed by atoms with Crippen LogP contribution in [0.25, 0.3) is 0 Å². The number of benzene rings is 2. The monoisotopic (exact) mass is 495 g/mol. The highest BCUT2D eigenvalue weighted by Crippen LogP contribution is 2.37. The van der Waals surface area contributed by atoms with Gasteiger partial charge in [-0.15, -0.1) is 0 Å². The Hall–Kier alpha value is -3.34. The van der Waals surface area contributed by atoms with Crippen molar-refractivity contribution in [1.82, 2.24) is 4.90 Å². The molecule has 0 aromatic heterocycles. The van der Waals surface area contributed by atoms with E-state index in [9.17, 15) is 36.3 Å². The van der Waals surface area contributed by atoms with E-state index in [1.807, 2.05) is 0 Å². The minimum Gasteiger partial charge on any atom is -0.323 e. The fraction of sp³-hybridized carbons (Fsp3) is 0.375. The Balaban J connectivity index is 1.45. The molecule has 2 heterocycles. The number of anilines is 2. The summed E-state index contributed by atoms with van der Waals surface area (Å²) in [4.78, 5) is 41.0. The van der Waals surface area contributed by atoms with Crippen LogP contribution in [-0.2, 0) is 15.8 Å². The summed E-state index contributed by atoms with van der Waals surface area (Å²) in [6.45, 7) is 1.92. The third kappa shape index (κ3) is 5.04. The first-order valence-corrected chi connectivity index (χ1v) is 11.0. The van der Waals surface area contributed by atoms with E-state index >= 15 is 0 Å². The number of amides is 2. The summed E-state index contributed by atoms with van der Waals surface area (Å²) in [5.41, 5.74) is -1.18. The van der Waals surface area contributed by atoms with Gasteiger partial charge in [-0.25, -0.2) is 8.78 Å². The zero-order valence-corrected chi connectivity index (χ0v) is 18.7. The van der Waals surface area contributed by atoms with Crippen LogP contribution in [0.4, 0.5) is 33.3 Å². The number of piperidine rings is 1. The van der Waals surface area contributed by atoms with Crippen LogP contribution in [0.5, 0.6) is 0 Å². The SMILES string of the molecule is CC(C(=O)N1CC(=O)Nc2cc(C(F)(F)F)ccc21)N1CCC(C(=O)c2cc(F)ccc2F)CC1. The second kappa shape index (κ2) is 9.37. The van der Waals surface area contributed by atoms with Crippen LogP contribution < -0.4 is 10.2 Å². The number of nitrogens with one attached hydrogen (secondary N) is 1. The molecule has 1 N–H and O–H groups in total. The molecule has 1 unspecified atom stereocenters. The number of nitrogens with zero attached hydrogens (tertiary/aromatic N) is 2. The molecule has 0 radical (unpaired) electrons. The third-order valence-corrected chi connectivity index (χ3v) is 6.46. The van der Waals surface area contributed by atoms with Crippen molar-refractivity contribution in [2.45, 2.75) is 32.0 Å². The molecule has 4 rings (SSSR count). The third-order valence-electron chi connectivity index (χ3n) is 6.46. The maximum Gasteiger partial charge on any atom is 0.416 e. The molecule has 1 atom stereocenters. The van der Waals surface area contributed by atoms with Crippen molar-refractivity contribution in [1.29, 1.82) is 0 Å². The van der Waals surface area contributed by atoms with E-state index in [1.54, 1.807) is 11.8 Å². The maximum absolute atomic E-state index is 14.0. The number of ketones is 1. The van der Waals surface area contributed by atoms with Gasteiger partial charge in [-0.2, -0.15) is 13.2 Å². The number of likely N-dealkylation sites (tertiary alicyclic amines) is 1. The number of halogens is 5. The molecular weight excluding hydrogens is 473 g/mol. The molecule has 0 bridgehead atoms. The number of alkyl halides is 3. The standard InChI is InChI=1S/C24H22F5N3O3/c1-13(31-8-6-14(7-9-31)22(34)17-11-16(25)3-4-18(17)26)23(35)32-12-21(33)30-19-10-15(24(27,28)29)2-5-20(19)32/h2-5,10-11,13-14H,6-9,12H2,1H3,(H,30,33). The van der Waals surface area contributed by atoms with Gasteiger partial charge in [0.25, 0.3) is 0 Å². The van der Waals surface area contributed by atoms with Crippen LogP contribution >= 0.6 is 0 Å². The minimum atomic E-state index is -4.60. The fourth-order valence-electron chi connectivity index (χ4n) is 4.50. The van der Waals surface area contributed by atoms with Crippen LogP contribution in [0.1, 0.15) is 35.7 Å². The van der Waals surface area contributed by atoms with Gasteiger partial charge in [-0.1, -0.05) is 0 Å². The second-order valence-electron chi connectivity index (χ2n) is 8.68. The van der Waals surface area contributed by atoms with Gasteiger partial charge in [0.05, 0.1) is 28.5 Å². The van der Waals surface area contributed by atoms with E-state index in [2.05, 4.69) is 5.32 Å². The van der Waals surface area contributed by atoms with E-state index in [4.69, 9.17) is 0 Å². The molecule has 1 saturated heterocycles. The molecule has 6 nitrogen and oxygen atoms in total. The molecule has 2 aromatic rings. The van der Waals surface area contributed by atoms with Crippen LogP contribution in [0.3, 0.4) is 0 Å². The first-order valence-electron chi connectivity index (χ1n) is 11.0. The quantitative estimate of drug-likeness (QED) is 0.509. The highest BCUT2D eigenvalue weighted by molar-refractivity contribution is 6.11. The van der Waals surface area contributed by atoms with Gasteiger partial charge >= 0.3 is 6.18 Å². The molecule has 2 amide bonds. The molecule has 2 aliphatic heterocycles. The summed E-state index contributed by atoms with van der Waals surface area (Å²) >= 11 is 0. The predicted molar refractivity (Wildman–Crippen MR) is 117 cm³/mol. The van der Waals surface area contributed by atoms with Crippen LogP contribution in [0.15, 0.2) is 36.4 Å². The fourth-order valence-corrected chi connectivity index (χ4v) is 4.50. The number of hydrogen-bond donors (Lipinski definition) is 1. The Bertz CT molecular complexity index is 1180. The average molecular weight is 495 g/mol. The summed E-state index contributed by atoms with van der Waals surface area (Å²) in [6, 6.07) is 4.79. The molecule has 0 aliphatic carbocycles. The van der Waals surface area contributed by atoms with Crippen molar-refractivity contribution in [3.8, 4) is 0 Å². The molecule has 0 spiro atoms. The largest absolute Gasteiger partial charge is 0.416 e. The lowest BCUT2D eigenvalue weighted by Gasteiger charge is -2.38. The molecule has 11 heteroatoms. The van der Waals surface area contributed by atoms with Gasteiger partial charge in [0.15, 0.2) is 5.78 Å². The summed E-state index contributed by atoms with van der Waals surface area (Å²) in [7, 11) is 0. The average Bonchev–Trinajstić information content (AvgIpc) is 2.82. The van der Waals surface area contributed by atoms with Crippen LogP contribution in [0.2, 0.25) is 0 Å². The van der Waals surface area contributed by atoms with Crippen LogP contribution in [0, 0.1) is 17.6 Å². The number of fused-ring (bicyclic) bond motifs is 1. The van der Waals surface area contributed by atoms with Gasteiger partial charge < -0.3 is 5.32 Å². The summed E-state index contributed by atoms with van der Waals surface area (Å²) in [5, 5.41) is 2.38. The van der Waals surface area contributed by atoms with Crippen molar-refractivity contribution < 1.29 is 36.3 Å². The first-order chi connectivity index (χ1) is 16.5. The lowest BCUT2D eigenvalue weighted by Crippen LogP contribution is -2.53. The lowest BCUT2D eigenvalue weighted by atomic mass is 9.88. The Kier molecular flexibility index (Phi) is 6.63. The summed E-state index contributed by atoms with van der Waals surface area (Å²) in [6.07, 6.45) is -3.97. The second-order valence-corrected chi connectivity index (χ2v) is 8.68. The molecule has 1 fully saturated rings. The van der Waals surface area contributed by atoms with E-state index in [0.29, 0.717) is 25.9 Å². The Morgan fingerprint density at radius 3 is 2.40 bits per heavy atom. The number of carbonyl (C=O) groups excluding carboxylic acids is 3. The lowest BCUT2D eigenvalue weighted by molar-refractivity contribution is -0.137. The summed E-state index contributed by atoms with van der Waals surface area (Å²) < 4.78 is 66.6. The maximum atomic E-state index is 14.0. The smallest absolute Gasteiger partial charge is 0.323 e. The van der Waals surface area contributed by atoms with Crippen molar-refractivity contribution in [2.75, 3.05) is 29.9 Å². The van der Waals surface area contributed by atoms with E-state index < -0.39 is 52.9 Å². The van der Waals surface area contributed by atoms with Gasteiger partial charge in [0, 0.05) is 5.92 Å². The molecule has 2 aliphatic rings. The Morgan fingerprint density at radius 2 is 1.74 bits per heavy atom. The molecular formula is C24H22F5N3O3. The number of carbonyl (C=O) groups is 3. The zero-order valence-electron chi connectivity index (χ0n) is 18.7. The van der Waals surface area contributed by atoms with Gasteiger partial charge in [-0.05, 0) is 69.3 Å². The van der Waals surface area contributed by atoms with E-state index in [1.165, 1.54) is 0 Å². The number of rotatable bonds is 4. The van der Waals surface area contributed by atoms with E-state index in [0.717, 1.165) is 41.3 Å². The van der Waals surface area contributed by atoms with Crippen LogP contribution in [-0.4, -0.2) is 48.2 Å². The number of hydrogen-bond acceptors (Lipinski definition) is 4. The van der Waals surface area contributed by atoms with Crippen molar-refractivity contribution in [3.63, 3.8) is 0 Å². The summed E-state index contributed by atoms with van der Waals surface area (Å²) in [5.74, 6) is -3.62. The van der Waals surface area contributed by atoms with Crippen molar-refractivity contribution in [3.05, 3.63) is 59.2 Å². The molecule has 0 saturated carbocycles. The highest BCUT2D eigenvalue weighted by atomic mass is 19.4. The Labute approximate surface area is 197 Å². The molecule has 2 aromatic carbocycles. The van der Waals surface area contributed by atoms with Gasteiger partial charge in [0.2, 0.25) is 11.8 Å². The molecule has 186 valence electrons. The Morgan fingerprint density at radius 1 is 1.06 bits per heavy atom. The first kappa shape index (κ1) is 24.8.